The van der Waals surface area contributed by atoms with Gasteiger partial charge in [-0.2, -0.15) is 0 Å². The maximum Gasteiger partial charge on any atom is 0.313 e. The lowest BCUT2D eigenvalue weighted by Gasteiger charge is -1.96. The summed E-state index contributed by atoms with van der Waals surface area (Å²) in [5.41, 5.74) is 5.27. The molecule has 0 fully saturated rings. The normalized spacial score (nSPS) is 10.8. The smallest absolute Gasteiger partial charge is 0.313 e. The summed E-state index contributed by atoms with van der Waals surface area (Å²) in [5.74, 6) is -0.437. The van der Waals surface area contributed by atoms with Crippen LogP contribution in [0.3, 0.4) is 0 Å². The molecule has 5 heteroatoms. The van der Waals surface area contributed by atoms with Gasteiger partial charge in [0.2, 0.25) is 0 Å². The highest BCUT2D eigenvalue weighted by atomic mass is 16.5. The van der Waals surface area contributed by atoms with Crippen LogP contribution in [0.25, 0.3) is 0 Å². The fourth-order valence-corrected chi connectivity index (χ4v) is 0.869. The Labute approximate surface area is 96.3 Å². The minimum Gasteiger partial charge on any atom is -0.466 e. The highest BCUT2D eigenvalue weighted by molar-refractivity contribution is 5.94. The third-order valence-corrected chi connectivity index (χ3v) is 1.31. The second kappa shape index (κ2) is 10.3. The fraction of sp³-hybridized carbons (Fsp3) is 0.727. The zero-order chi connectivity index (χ0) is 13.1. The molecule has 1 atom stereocenters. The van der Waals surface area contributed by atoms with Gasteiger partial charge >= 0.3 is 5.97 Å². The van der Waals surface area contributed by atoms with Crippen LogP contribution in [0.5, 0.6) is 0 Å². The van der Waals surface area contributed by atoms with Crippen LogP contribution in [0.15, 0.2) is 0 Å². The zero-order valence-electron chi connectivity index (χ0n) is 10.4. The molecule has 94 valence electrons. The van der Waals surface area contributed by atoms with Crippen LogP contribution in [0.4, 0.5) is 0 Å². The molecule has 0 rings (SSSR count). The predicted molar refractivity (Wildman–Crippen MR) is 60.9 cm³/mol. The van der Waals surface area contributed by atoms with Crippen LogP contribution in [-0.2, 0) is 19.1 Å². The molecule has 0 spiro atoms. The lowest BCUT2D eigenvalue weighted by Crippen LogP contribution is -2.17. The lowest BCUT2D eigenvalue weighted by atomic mass is 10.2. The molecule has 0 aromatic heterocycles. The molecule has 0 unspecified atom stereocenters. The molecule has 0 saturated carbocycles. The number of carbonyl (C=O) groups is 3. The van der Waals surface area contributed by atoms with Crippen LogP contribution in [0.1, 0.15) is 40.5 Å². The monoisotopic (exact) mass is 231 g/mol. The maximum absolute atomic E-state index is 10.4. The third kappa shape index (κ3) is 18.5. The highest BCUT2D eigenvalue weighted by Gasteiger charge is 2.03. The number of nitrogens with two attached hydrogens (primary N) is 1. The van der Waals surface area contributed by atoms with Crippen LogP contribution >= 0.6 is 0 Å². The topological polar surface area (TPSA) is 86.5 Å². The van der Waals surface area contributed by atoms with E-state index in [1.54, 1.807) is 13.8 Å². The van der Waals surface area contributed by atoms with Crippen molar-refractivity contribution in [1.82, 2.24) is 0 Å². The number of hydrogen-bond acceptors (Lipinski definition) is 5. The van der Waals surface area contributed by atoms with Crippen molar-refractivity contribution < 1.29 is 19.1 Å². The summed E-state index contributed by atoms with van der Waals surface area (Å²) in [6.45, 7) is 6.77. The first-order valence-electron chi connectivity index (χ1n) is 5.19. The van der Waals surface area contributed by atoms with E-state index in [0.29, 0.717) is 13.0 Å². The van der Waals surface area contributed by atoms with Gasteiger partial charge in [0, 0.05) is 12.5 Å². The van der Waals surface area contributed by atoms with E-state index in [0.717, 1.165) is 0 Å². The highest BCUT2D eigenvalue weighted by Crippen LogP contribution is 1.86. The average molecular weight is 231 g/mol. The first-order chi connectivity index (χ1) is 7.29. The van der Waals surface area contributed by atoms with Crippen molar-refractivity contribution in [3.63, 3.8) is 0 Å². The number of ether oxygens (including phenoxy) is 1. The van der Waals surface area contributed by atoms with E-state index in [4.69, 9.17) is 5.73 Å². The molecular weight excluding hydrogens is 210 g/mol. The molecule has 0 amide bonds. The summed E-state index contributed by atoms with van der Waals surface area (Å²) < 4.78 is 4.49. The van der Waals surface area contributed by atoms with Crippen molar-refractivity contribution in [3.8, 4) is 0 Å². The standard InChI is InChI=1S/C6H10O3.C5H11NO/c1-3-9-6(8)4-5(2)7;1-4(6)3-5(2)7/h3-4H2,1-2H3;4H,3,6H2,1-2H3/t;4-/m.0/s1. The minimum absolute atomic E-state index is 0.0255. The van der Waals surface area contributed by atoms with Crippen molar-refractivity contribution in [2.24, 2.45) is 5.73 Å². The van der Waals surface area contributed by atoms with E-state index in [1.165, 1.54) is 6.92 Å². The van der Waals surface area contributed by atoms with E-state index < -0.39 is 5.97 Å². The first-order valence-corrected chi connectivity index (χ1v) is 5.19. The van der Waals surface area contributed by atoms with Gasteiger partial charge in [-0.15, -0.1) is 0 Å². The van der Waals surface area contributed by atoms with Crippen molar-refractivity contribution in [2.45, 2.75) is 46.6 Å². The molecule has 16 heavy (non-hydrogen) atoms. The lowest BCUT2D eigenvalue weighted by molar-refractivity contribution is -0.145. The van der Waals surface area contributed by atoms with Gasteiger partial charge in [-0.3, -0.25) is 14.4 Å². The Hall–Kier alpha value is -1.23. The van der Waals surface area contributed by atoms with Gasteiger partial charge in [0.15, 0.2) is 0 Å². The molecule has 5 nitrogen and oxygen atoms in total. The van der Waals surface area contributed by atoms with Gasteiger partial charge in [-0.1, -0.05) is 0 Å². The van der Waals surface area contributed by atoms with Gasteiger partial charge in [-0.25, -0.2) is 0 Å². The molecule has 0 bridgehead atoms. The van der Waals surface area contributed by atoms with E-state index in [-0.39, 0.29) is 24.0 Å². The Morgan fingerprint density at radius 3 is 1.88 bits per heavy atom. The van der Waals surface area contributed by atoms with Crippen LogP contribution < -0.4 is 5.73 Å². The molecule has 0 heterocycles. The number of ketones is 2. The third-order valence-electron chi connectivity index (χ3n) is 1.31. The predicted octanol–water partition coefficient (Wildman–Crippen LogP) is 0.841. The summed E-state index contributed by atoms with van der Waals surface area (Å²) in [4.78, 5) is 30.8. The van der Waals surface area contributed by atoms with Crippen molar-refractivity contribution in [1.29, 1.82) is 0 Å². The van der Waals surface area contributed by atoms with Crippen LogP contribution in [0, 0.1) is 0 Å². The average Bonchev–Trinajstić information content (AvgIpc) is 2.00. The Morgan fingerprint density at radius 1 is 1.19 bits per heavy atom. The Kier molecular flexibility index (Phi) is 11.0. The van der Waals surface area contributed by atoms with Gasteiger partial charge in [-0.05, 0) is 27.7 Å². The molecule has 0 radical (unpaired) electrons. The fourth-order valence-electron chi connectivity index (χ4n) is 0.869. The summed E-state index contributed by atoms with van der Waals surface area (Å²) in [7, 11) is 0. The zero-order valence-corrected chi connectivity index (χ0v) is 10.4. The van der Waals surface area contributed by atoms with Crippen molar-refractivity contribution >= 4 is 17.5 Å². The van der Waals surface area contributed by atoms with Crippen LogP contribution in [0.2, 0.25) is 0 Å². The number of esters is 1. The van der Waals surface area contributed by atoms with E-state index in [9.17, 15) is 14.4 Å². The molecule has 0 aromatic carbocycles. The number of carbonyl (C=O) groups excluding carboxylic acids is 3. The summed E-state index contributed by atoms with van der Waals surface area (Å²) in [5, 5.41) is 0. The van der Waals surface area contributed by atoms with Gasteiger partial charge < -0.3 is 10.5 Å². The second-order valence-corrected chi connectivity index (χ2v) is 3.57. The number of rotatable bonds is 5. The molecule has 0 aromatic rings. The molecule has 0 aliphatic carbocycles. The SMILES string of the molecule is CC(=O)C[C@H](C)N.CCOC(=O)CC(C)=O. The van der Waals surface area contributed by atoms with E-state index in [2.05, 4.69) is 4.74 Å². The number of Topliss-reactive ketones (excluding diaryl/α,β-unsaturated/α-hetero) is 2. The molecule has 0 aliphatic heterocycles. The quantitative estimate of drug-likeness (QED) is 0.559. The van der Waals surface area contributed by atoms with Crippen LogP contribution in [-0.4, -0.2) is 30.2 Å². The maximum atomic E-state index is 10.4. The van der Waals surface area contributed by atoms with Crippen molar-refractivity contribution in [2.75, 3.05) is 6.61 Å². The first kappa shape index (κ1) is 17.2. The minimum atomic E-state index is -0.440. The molecule has 0 aliphatic rings. The number of hydrogen-bond donors (Lipinski definition) is 1. The Morgan fingerprint density at radius 2 is 1.69 bits per heavy atom. The van der Waals surface area contributed by atoms with E-state index >= 15 is 0 Å². The largest absolute Gasteiger partial charge is 0.466 e. The molecule has 0 saturated heterocycles. The van der Waals surface area contributed by atoms with Gasteiger partial charge in [0.05, 0.1) is 6.61 Å². The van der Waals surface area contributed by atoms with Gasteiger partial charge in [0.25, 0.3) is 0 Å². The molecule has 2 N–H and O–H groups in total. The molecular formula is C11H21NO4. The summed E-state index contributed by atoms with van der Waals surface area (Å²) in [6, 6.07) is 0.0255. The second-order valence-electron chi connectivity index (χ2n) is 3.57. The summed E-state index contributed by atoms with van der Waals surface area (Å²) in [6.07, 6.45) is 0.397. The van der Waals surface area contributed by atoms with Gasteiger partial charge in [0.1, 0.15) is 18.0 Å². The summed E-state index contributed by atoms with van der Waals surface area (Å²) >= 11 is 0. The van der Waals surface area contributed by atoms with E-state index in [1.807, 2.05) is 6.92 Å². The van der Waals surface area contributed by atoms with Crippen molar-refractivity contribution in [3.05, 3.63) is 0 Å². The Bertz CT molecular complexity index is 236. The Balaban J connectivity index is 0.